The number of hydrogen-bond acceptors (Lipinski definition) is 4. The van der Waals surface area contributed by atoms with Crippen LogP contribution in [0.2, 0.25) is 0 Å². The molecule has 4 heteroatoms. The molecular weight excluding hydrogens is 232 g/mol. The lowest BCUT2D eigenvalue weighted by molar-refractivity contribution is -0.167. The third-order valence-corrected chi connectivity index (χ3v) is 2.56. The number of hydrogen-bond donors (Lipinski definition) is 0. The first-order chi connectivity index (χ1) is 8.57. The number of carbonyl (C=O) groups excluding carboxylic acids is 2. The number of carbonyl (C=O) groups is 2. The lowest BCUT2D eigenvalue weighted by Crippen LogP contribution is -2.21. The highest BCUT2D eigenvalue weighted by molar-refractivity contribution is 6.29. The molecule has 0 atom stereocenters. The molecule has 0 aliphatic heterocycles. The Morgan fingerprint density at radius 3 is 1.94 bits per heavy atom. The second-order valence-corrected chi connectivity index (χ2v) is 4.87. The SMILES string of the molecule is CCCCCCOC(=O)C(=O)OCCCC(C)C. The van der Waals surface area contributed by atoms with E-state index in [1.54, 1.807) is 0 Å². The molecule has 0 heterocycles. The Bertz CT molecular complexity index is 236. The summed E-state index contributed by atoms with van der Waals surface area (Å²) in [7, 11) is 0. The molecule has 0 unspecified atom stereocenters. The maximum absolute atomic E-state index is 11.2. The van der Waals surface area contributed by atoms with E-state index in [1.807, 2.05) is 0 Å². The Balaban J connectivity index is 3.49. The van der Waals surface area contributed by atoms with Crippen molar-refractivity contribution in [3.8, 4) is 0 Å². The van der Waals surface area contributed by atoms with Gasteiger partial charge in [-0.2, -0.15) is 0 Å². The minimum atomic E-state index is -0.866. The van der Waals surface area contributed by atoms with Crippen LogP contribution < -0.4 is 0 Å². The van der Waals surface area contributed by atoms with E-state index < -0.39 is 11.9 Å². The smallest absolute Gasteiger partial charge is 0.417 e. The summed E-state index contributed by atoms with van der Waals surface area (Å²) in [6.45, 7) is 6.92. The molecular formula is C14H26O4. The summed E-state index contributed by atoms with van der Waals surface area (Å²) >= 11 is 0. The predicted octanol–water partition coefficient (Wildman–Crippen LogP) is 3.09. The fourth-order valence-corrected chi connectivity index (χ4v) is 1.47. The highest BCUT2D eigenvalue weighted by atomic mass is 16.6. The minimum absolute atomic E-state index is 0.294. The van der Waals surface area contributed by atoms with Crippen LogP contribution in [0, 0.1) is 5.92 Å². The largest absolute Gasteiger partial charge is 0.457 e. The van der Waals surface area contributed by atoms with Crippen LogP contribution in [0.1, 0.15) is 59.3 Å². The second kappa shape index (κ2) is 11.1. The number of rotatable bonds is 9. The van der Waals surface area contributed by atoms with Crippen LogP contribution in [0.25, 0.3) is 0 Å². The third kappa shape index (κ3) is 10.1. The fourth-order valence-electron chi connectivity index (χ4n) is 1.47. The van der Waals surface area contributed by atoms with Crippen molar-refractivity contribution in [3.05, 3.63) is 0 Å². The predicted molar refractivity (Wildman–Crippen MR) is 70.1 cm³/mol. The van der Waals surface area contributed by atoms with E-state index in [0.29, 0.717) is 19.1 Å². The summed E-state index contributed by atoms with van der Waals surface area (Å²) in [5, 5.41) is 0. The normalized spacial score (nSPS) is 10.4. The van der Waals surface area contributed by atoms with Crippen molar-refractivity contribution in [2.45, 2.75) is 59.3 Å². The number of esters is 2. The Labute approximate surface area is 110 Å². The average molecular weight is 258 g/mol. The Kier molecular flexibility index (Phi) is 10.4. The lowest BCUT2D eigenvalue weighted by atomic mass is 10.1. The molecule has 0 rings (SSSR count). The van der Waals surface area contributed by atoms with E-state index in [1.165, 1.54) is 0 Å². The van der Waals surface area contributed by atoms with Gasteiger partial charge in [-0.25, -0.2) is 9.59 Å². The molecule has 0 fully saturated rings. The molecule has 18 heavy (non-hydrogen) atoms. The molecule has 0 aromatic carbocycles. The summed E-state index contributed by atoms with van der Waals surface area (Å²) in [5.41, 5.74) is 0. The average Bonchev–Trinajstić information content (AvgIpc) is 2.33. The summed E-state index contributed by atoms with van der Waals surface area (Å²) in [4.78, 5) is 22.4. The molecule has 0 N–H and O–H groups in total. The van der Waals surface area contributed by atoms with Crippen molar-refractivity contribution < 1.29 is 19.1 Å². The van der Waals surface area contributed by atoms with Crippen LogP contribution in [0.4, 0.5) is 0 Å². The van der Waals surface area contributed by atoms with E-state index in [9.17, 15) is 9.59 Å². The first-order valence-electron chi connectivity index (χ1n) is 6.91. The van der Waals surface area contributed by atoms with Crippen LogP contribution in [0.15, 0.2) is 0 Å². The van der Waals surface area contributed by atoms with Gasteiger partial charge in [0.1, 0.15) is 0 Å². The molecule has 0 aromatic heterocycles. The highest BCUT2D eigenvalue weighted by Crippen LogP contribution is 2.03. The molecule has 0 amide bonds. The zero-order chi connectivity index (χ0) is 13.8. The van der Waals surface area contributed by atoms with Crippen LogP contribution >= 0.6 is 0 Å². The fraction of sp³-hybridized carbons (Fsp3) is 0.857. The van der Waals surface area contributed by atoms with Crippen LogP contribution in [-0.2, 0) is 19.1 Å². The Hall–Kier alpha value is -1.06. The van der Waals surface area contributed by atoms with Gasteiger partial charge in [0.2, 0.25) is 0 Å². The molecule has 0 saturated carbocycles. The highest BCUT2D eigenvalue weighted by Gasteiger charge is 2.16. The second-order valence-electron chi connectivity index (χ2n) is 4.87. The third-order valence-electron chi connectivity index (χ3n) is 2.56. The molecule has 0 radical (unpaired) electrons. The molecule has 106 valence electrons. The zero-order valence-electron chi connectivity index (χ0n) is 11.9. The Morgan fingerprint density at radius 1 is 0.889 bits per heavy atom. The first kappa shape index (κ1) is 16.9. The van der Waals surface area contributed by atoms with Crippen LogP contribution in [0.5, 0.6) is 0 Å². The Morgan fingerprint density at radius 2 is 1.44 bits per heavy atom. The summed E-state index contributed by atoms with van der Waals surface area (Å²) in [6.07, 6.45) is 5.85. The van der Waals surface area contributed by atoms with E-state index in [4.69, 9.17) is 9.47 Å². The van der Waals surface area contributed by atoms with E-state index in [-0.39, 0.29) is 0 Å². The van der Waals surface area contributed by atoms with E-state index >= 15 is 0 Å². The van der Waals surface area contributed by atoms with Crippen molar-refractivity contribution in [2.75, 3.05) is 13.2 Å². The molecule has 0 bridgehead atoms. The van der Waals surface area contributed by atoms with Gasteiger partial charge in [0, 0.05) is 0 Å². The summed E-state index contributed by atoms with van der Waals surface area (Å²) in [5.74, 6) is -1.15. The minimum Gasteiger partial charge on any atom is -0.457 e. The van der Waals surface area contributed by atoms with Gasteiger partial charge in [-0.15, -0.1) is 0 Å². The van der Waals surface area contributed by atoms with Crippen molar-refractivity contribution in [2.24, 2.45) is 5.92 Å². The van der Waals surface area contributed by atoms with Gasteiger partial charge in [0.05, 0.1) is 13.2 Å². The first-order valence-corrected chi connectivity index (χ1v) is 6.91. The molecule has 0 saturated heterocycles. The van der Waals surface area contributed by atoms with Crippen molar-refractivity contribution >= 4 is 11.9 Å². The quantitative estimate of drug-likeness (QED) is 0.362. The van der Waals surface area contributed by atoms with Crippen molar-refractivity contribution in [3.63, 3.8) is 0 Å². The topological polar surface area (TPSA) is 52.6 Å². The maximum atomic E-state index is 11.2. The van der Waals surface area contributed by atoms with Crippen LogP contribution in [-0.4, -0.2) is 25.2 Å². The van der Waals surface area contributed by atoms with Gasteiger partial charge in [-0.05, 0) is 25.2 Å². The van der Waals surface area contributed by atoms with Gasteiger partial charge in [0.25, 0.3) is 0 Å². The standard InChI is InChI=1S/C14H26O4/c1-4-5-6-7-10-17-13(15)14(16)18-11-8-9-12(2)3/h12H,4-11H2,1-3H3. The monoisotopic (exact) mass is 258 g/mol. The van der Waals surface area contributed by atoms with Gasteiger partial charge in [-0.1, -0.05) is 40.0 Å². The molecule has 0 aliphatic rings. The number of unbranched alkanes of at least 4 members (excludes halogenated alkanes) is 3. The van der Waals surface area contributed by atoms with E-state index in [0.717, 1.165) is 38.5 Å². The summed E-state index contributed by atoms with van der Waals surface area (Å²) < 4.78 is 9.63. The van der Waals surface area contributed by atoms with Crippen molar-refractivity contribution in [1.82, 2.24) is 0 Å². The van der Waals surface area contributed by atoms with Gasteiger partial charge in [-0.3, -0.25) is 0 Å². The maximum Gasteiger partial charge on any atom is 0.417 e. The molecule has 0 aliphatic carbocycles. The lowest BCUT2D eigenvalue weighted by Gasteiger charge is -2.06. The van der Waals surface area contributed by atoms with Gasteiger partial charge >= 0.3 is 11.9 Å². The van der Waals surface area contributed by atoms with Gasteiger partial charge < -0.3 is 9.47 Å². The molecule has 0 spiro atoms. The van der Waals surface area contributed by atoms with Crippen molar-refractivity contribution in [1.29, 1.82) is 0 Å². The molecule has 4 nitrogen and oxygen atoms in total. The van der Waals surface area contributed by atoms with E-state index in [2.05, 4.69) is 20.8 Å². The number of ether oxygens (including phenoxy) is 2. The van der Waals surface area contributed by atoms with Crippen LogP contribution in [0.3, 0.4) is 0 Å². The van der Waals surface area contributed by atoms with Gasteiger partial charge in [0.15, 0.2) is 0 Å². The zero-order valence-corrected chi connectivity index (χ0v) is 11.9. The molecule has 0 aromatic rings. The summed E-state index contributed by atoms with van der Waals surface area (Å²) in [6, 6.07) is 0.